The van der Waals surface area contributed by atoms with Crippen LogP contribution in [0.15, 0.2) is 60.7 Å². The van der Waals surface area contributed by atoms with Gasteiger partial charge in [-0.15, -0.1) is 0 Å². The first-order chi connectivity index (χ1) is 14.6. The van der Waals surface area contributed by atoms with Crippen molar-refractivity contribution < 1.29 is 0 Å². The first-order valence-corrected chi connectivity index (χ1v) is 18.2. The average molecular weight is 524 g/mol. The van der Waals surface area contributed by atoms with Gasteiger partial charge in [0.25, 0.3) is 0 Å². The summed E-state index contributed by atoms with van der Waals surface area (Å²) in [4.78, 5) is 0. The van der Waals surface area contributed by atoms with Gasteiger partial charge in [0.15, 0.2) is 0 Å². The van der Waals surface area contributed by atoms with Crippen molar-refractivity contribution in [2.75, 3.05) is 0 Å². The molecular formula is C30H45Sn. The summed E-state index contributed by atoms with van der Waals surface area (Å²) >= 11 is -1.80. The molecule has 2 aromatic carbocycles. The Morgan fingerprint density at radius 1 is 0.774 bits per heavy atom. The molecular weight excluding hydrogens is 479 g/mol. The Morgan fingerprint density at radius 3 is 1.65 bits per heavy atom. The van der Waals surface area contributed by atoms with Crippen molar-refractivity contribution in [2.45, 2.75) is 91.4 Å². The van der Waals surface area contributed by atoms with E-state index in [1.807, 2.05) is 0 Å². The van der Waals surface area contributed by atoms with Gasteiger partial charge in [0.1, 0.15) is 0 Å². The average Bonchev–Trinajstić information content (AvgIpc) is 2.74. The molecule has 3 atom stereocenters. The summed E-state index contributed by atoms with van der Waals surface area (Å²) in [7, 11) is 0. The summed E-state index contributed by atoms with van der Waals surface area (Å²) in [5.74, 6) is 2.69. The predicted octanol–water partition coefficient (Wildman–Crippen LogP) is 8.90. The van der Waals surface area contributed by atoms with Crippen LogP contribution < -0.4 is 0 Å². The molecule has 1 aliphatic carbocycles. The van der Waals surface area contributed by atoms with Gasteiger partial charge in [-0.2, -0.15) is 0 Å². The monoisotopic (exact) mass is 525 g/mol. The molecule has 1 heteroatoms. The van der Waals surface area contributed by atoms with E-state index >= 15 is 0 Å². The summed E-state index contributed by atoms with van der Waals surface area (Å²) in [5.41, 5.74) is 3.64. The normalized spacial score (nSPS) is 22.8. The molecule has 169 valence electrons. The summed E-state index contributed by atoms with van der Waals surface area (Å²) in [6, 6.07) is 22.7. The zero-order chi connectivity index (χ0) is 22.6. The molecule has 1 saturated carbocycles. The van der Waals surface area contributed by atoms with E-state index < -0.39 is 19.8 Å². The van der Waals surface area contributed by atoms with Crippen LogP contribution in [-0.4, -0.2) is 19.8 Å². The molecule has 31 heavy (non-hydrogen) atoms. The van der Waals surface area contributed by atoms with Crippen molar-refractivity contribution >= 4 is 19.8 Å². The number of rotatable bonds is 8. The van der Waals surface area contributed by atoms with E-state index in [9.17, 15) is 0 Å². The van der Waals surface area contributed by atoms with Gasteiger partial charge in [-0.3, -0.25) is 0 Å². The number of benzene rings is 2. The van der Waals surface area contributed by atoms with E-state index in [-0.39, 0.29) is 10.8 Å². The van der Waals surface area contributed by atoms with Crippen LogP contribution in [0.3, 0.4) is 0 Å². The zero-order valence-corrected chi connectivity index (χ0v) is 24.0. The molecule has 0 N–H and O–H groups in total. The minimum absolute atomic E-state index is 0.283. The number of hydrogen-bond acceptors (Lipinski definition) is 0. The second-order valence-electron chi connectivity index (χ2n) is 11.9. The molecule has 1 radical (unpaired) electrons. The molecule has 1 fully saturated rings. The van der Waals surface area contributed by atoms with Crippen molar-refractivity contribution in [3.8, 4) is 0 Å². The SMILES string of the molecule is CC(C)[C@@H]1CC[C@@H](C)C[C@H]1[Sn]([CH2]C(C)(C)c1ccccc1)[CH2]C(C)(C)c1ccccc1. The molecule has 0 bridgehead atoms. The Bertz CT molecular complexity index is 736. The van der Waals surface area contributed by atoms with Crippen molar-refractivity contribution in [1.82, 2.24) is 0 Å². The zero-order valence-electron chi connectivity index (χ0n) is 21.1. The Kier molecular flexibility index (Phi) is 8.38. The van der Waals surface area contributed by atoms with Gasteiger partial charge in [-0.05, 0) is 0 Å². The van der Waals surface area contributed by atoms with Crippen LogP contribution in [0.4, 0.5) is 0 Å². The van der Waals surface area contributed by atoms with E-state index in [1.54, 1.807) is 0 Å². The van der Waals surface area contributed by atoms with E-state index in [0.717, 1.165) is 21.7 Å². The first kappa shape index (κ1) is 24.9. The maximum atomic E-state index is 2.52. The summed E-state index contributed by atoms with van der Waals surface area (Å²) < 4.78 is 3.96. The second kappa shape index (κ2) is 10.4. The van der Waals surface area contributed by atoms with E-state index in [0.29, 0.717) is 0 Å². The molecule has 2 aromatic rings. The Labute approximate surface area is 200 Å². The summed E-state index contributed by atoms with van der Waals surface area (Å²) in [6.07, 6.45) is 4.40. The maximum absolute atomic E-state index is 2.52. The molecule has 0 nitrogen and oxygen atoms in total. The summed E-state index contributed by atoms with van der Waals surface area (Å²) in [6.45, 7) is 17.6. The molecule has 0 saturated heterocycles. The van der Waals surface area contributed by atoms with Crippen molar-refractivity contribution in [3.63, 3.8) is 0 Å². The molecule has 0 amide bonds. The fourth-order valence-electron chi connectivity index (χ4n) is 6.11. The van der Waals surface area contributed by atoms with Crippen molar-refractivity contribution in [3.05, 3.63) is 71.8 Å². The van der Waals surface area contributed by atoms with Crippen molar-refractivity contribution in [2.24, 2.45) is 17.8 Å². The van der Waals surface area contributed by atoms with E-state index in [2.05, 4.69) is 109 Å². The second-order valence-corrected chi connectivity index (χ2v) is 19.8. The van der Waals surface area contributed by atoms with Gasteiger partial charge in [-0.25, -0.2) is 0 Å². The van der Waals surface area contributed by atoms with Crippen LogP contribution in [0.5, 0.6) is 0 Å². The third kappa shape index (κ3) is 6.40. The van der Waals surface area contributed by atoms with Crippen LogP contribution in [0.25, 0.3) is 0 Å². The first-order valence-electron chi connectivity index (χ1n) is 12.6. The minimum atomic E-state index is -1.80. The molecule has 0 spiro atoms. The third-order valence-electron chi connectivity index (χ3n) is 8.00. The molecule has 0 heterocycles. The Balaban J connectivity index is 1.94. The standard InChI is InChI=1S/C10H19.2C10H13.Sn/c1-8(2)10-6-4-9(3)5-7-10;2*1-10(2,3)9-7-5-4-6-8-9;/h6,8-10H,4-5,7H2,1-3H3;2*4-8H,1H2,2-3H3;/t9-,10-;;;/m0.../s1. The van der Waals surface area contributed by atoms with Gasteiger partial charge in [-0.1, -0.05) is 0 Å². The van der Waals surface area contributed by atoms with Crippen LogP contribution in [0, 0.1) is 17.8 Å². The van der Waals surface area contributed by atoms with Crippen molar-refractivity contribution in [1.29, 1.82) is 0 Å². The van der Waals surface area contributed by atoms with Gasteiger partial charge in [0, 0.05) is 0 Å². The van der Waals surface area contributed by atoms with Crippen LogP contribution in [-0.2, 0) is 10.8 Å². The molecule has 1 aliphatic rings. The predicted molar refractivity (Wildman–Crippen MR) is 139 cm³/mol. The van der Waals surface area contributed by atoms with Crippen LogP contribution in [0.2, 0.25) is 12.8 Å². The quantitative estimate of drug-likeness (QED) is 0.303. The molecule has 3 rings (SSSR count). The number of hydrogen-bond donors (Lipinski definition) is 0. The Hall–Kier alpha value is -0.761. The molecule has 0 aliphatic heterocycles. The third-order valence-corrected chi connectivity index (χ3v) is 20.5. The molecule has 0 unspecified atom stereocenters. The van der Waals surface area contributed by atoms with Crippen LogP contribution in [0.1, 0.15) is 78.9 Å². The van der Waals surface area contributed by atoms with Gasteiger partial charge < -0.3 is 0 Å². The van der Waals surface area contributed by atoms with E-state index in [4.69, 9.17) is 0 Å². The van der Waals surface area contributed by atoms with E-state index in [1.165, 1.54) is 39.3 Å². The molecule has 0 aromatic heterocycles. The van der Waals surface area contributed by atoms with Gasteiger partial charge in [0.2, 0.25) is 0 Å². The fraction of sp³-hybridized carbons (Fsp3) is 0.600. The van der Waals surface area contributed by atoms with Crippen LogP contribution >= 0.6 is 0 Å². The fourth-order valence-corrected chi connectivity index (χ4v) is 21.0. The van der Waals surface area contributed by atoms with Gasteiger partial charge >= 0.3 is 201 Å². The topological polar surface area (TPSA) is 0 Å². The van der Waals surface area contributed by atoms with Gasteiger partial charge in [0.05, 0.1) is 0 Å². The summed E-state index contributed by atoms with van der Waals surface area (Å²) in [5, 5.41) is 0. The Morgan fingerprint density at radius 2 is 1.23 bits per heavy atom.